The molecule has 88 valence electrons. The molecule has 3 nitrogen and oxygen atoms in total. The fourth-order valence-electron chi connectivity index (χ4n) is 1.47. The van der Waals surface area contributed by atoms with Gasteiger partial charge in [-0.3, -0.25) is 9.59 Å². The summed E-state index contributed by atoms with van der Waals surface area (Å²) in [6.07, 6.45) is 3.79. The van der Waals surface area contributed by atoms with Gasteiger partial charge in [-0.05, 0) is 19.8 Å². The Morgan fingerprint density at radius 1 is 1.13 bits per heavy atom. The average Bonchev–Trinajstić information content (AvgIpc) is 2.22. The van der Waals surface area contributed by atoms with Gasteiger partial charge in [0.25, 0.3) is 0 Å². The molecule has 0 bridgehead atoms. The number of rotatable bonds is 8. The van der Waals surface area contributed by atoms with E-state index in [9.17, 15) is 9.59 Å². The fourth-order valence-corrected chi connectivity index (χ4v) is 1.47. The summed E-state index contributed by atoms with van der Waals surface area (Å²) < 4.78 is 4.90. The summed E-state index contributed by atoms with van der Waals surface area (Å²) in [5.41, 5.74) is 0. The number of ketones is 1. The van der Waals surface area contributed by atoms with Crippen LogP contribution in [0.3, 0.4) is 0 Å². The molecule has 0 saturated carbocycles. The molecule has 3 heteroatoms. The first kappa shape index (κ1) is 14.1. The van der Waals surface area contributed by atoms with Crippen molar-refractivity contribution < 1.29 is 14.3 Å². The SMILES string of the molecule is CCCCC(=O)C(CCC)C(=O)OCC. The summed E-state index contributed by atoms with van der Waals surface area (Å²) in [7, 11) is 0. The molecular formula is C12H22O3. The highest BCUT2D eigenvalue weighted by atomic mass is 16.5. The lowest BCUT2D eigenvalue weighted by atomic mass is 9.95. The third kappa shape index (κ3) is 5.55. The molecule has 0 aromatic carbocycles. The minimum Gasteiger partial charge on any atom is -0.465 e. The molecule has 15 heavy (non-hydrogen) atoms. The molecule has 1 atom stereocenters. The molecule has 0 aromatic heterocycles. The van der Waals surface area contributed by atoms with Crippen molar-refractivity contribution in [2.75, 3.05) is 6.61 Å². The van der Waals surface area contributed by atoms with Gasteiger partial charge in [0.05, 0.1) is 6.61 Å². The Morgan fingerprint density at radius 2 is 1.80 bits per heavy atom. The van der Waals surface area contributed by atoms with Gasteiger partial charge >= 0.3 is 5.97 Å². The second-order valence-electron chi connectivity index (χ2n) is 3.66. The zero-order valence-corrected chi connectivity index (χ0v) is 10.0. The van der Waals surface area contributed by atoms with E-state index in [4.69, 9.17) is 4.74 Å². The van der Waals surface area contributed by atoms with E-state index in [1.54, 1.807) is 6.92 Å². The molecule has 0 aliphatic rings. The van der Waals surface area contributed by atoms with E-state index in [0.717, 1.165) is 19.3 Å². The zero-order chi connectivity index (χ0) is 11.7. The molecule has 0 heterocycles. The van der Waals surface area contributed by atoms with Gasteiger partial charge in [-0.25, -0.2) is 0 Å². The molecule has 0 amide bonds. The first-order valence-electron chi connectivity index (χ1n) is 5.86. The van der Waals surface area contributed by atoms with Crippen LogP contribution in [0.25, 0.3) is 0 Å². The lowest BCUT2D eigenvalue weighted by molar-refractivity contribution is -0.151. The van der Waals surface area contributed by atoms with E-state index in [1.165, 1.54) is 0 Å². The van der Waals surface area contributed by atoms with Crippen LogP contribution < -0.4 is 0 Å². The lowest BCUT2D eigenvalue weighted by Gasteiger charge is -2.13. The van der Waals surface area contributed by atoms with Gasteiger partial charge in [-0.1, -0.05) is 26.7 Å². The second kappa shape index (κ2) is 8.45. The monoisotopic (exact) mass is 214 g/mol. The summed E-state index contributed by atoms with van der Waals surface area (Å²) in [6.45, 7) is 6.11. The maximum atomic E-state index is 11.7. The molecule has 0 aliphatic heterocycles. The largest absolute Gasteiger partial charge is 0.465 e. The van der Waals surface area contributed by atoms with Crippen LogP contribution in [0.1, 0.15) is 52.9 Å². The number of unbranched alkanes of at least 4 members (excludes halogenated alkanes) is 1. The highest BCUT2D eigenvalue weighted by Crippen LogP contribution is 2.14. The molecule has 0 fully saturated rings. The number of carbonyl (C=O) groups excluding carboxylic acids is 2. The van der Waals surface area contributed by atoms with Crippen LogP contribution in [0.15, 0.2) is 0 Å². The van der Waals surface area contributed by atoms with Crippen molar-refractivity contribution in [2.45, 2.75) is 52.9 Å². The molecule has 0 saturated heterocycles. The maximum Gasteiger partial charge on any atom is 0.316 e. The van der Waals surface area contributed by atoms with Crippen LogP contribution in [0.5, 0.6) is 0 Å². The molecule has 0 N–H and O–H groups in total. The zero-order valence-electron chi connectivity index (χ0n) is 10.0. The predicted molar refractivity (Wildman–Crippen MR) is 59.6 cm³/mol. The number of ether oxygens (including phenoxy) is 1. The number of Topliss-reactive ketones (excluding diaryl/α,β-unsaturated/α-hetero) is 1. The van der Waals surface area contributed by atoms with E-state index in [0.29, 0.717) is 19.4 Å². The van der Waals surface area contributed by atoms with Crippen molar-refractivity contribution in [3.05, 3.63) is 0 Å². The molecular weight excluding hydrogens is 192 g/mol. The van der Waals surface area contributed by atoms with Crippen molar-refractivity contribution in [1.29, 1.82) is 0 Å². The standard InChI is InChI=1S/C12H22O3/c1-4-7-9-11(13)10(8-5-2)12(14)15-6-3/h10H,4-9H2,1-3H3. The van der Waals surface area contributed by atoms with Gasteiger partial charge in [0.15, 0.2) is 0 Å². The predicted octanol–water partition coefficient (Wildman–Crippen LogP) is 2.73. The van der Waals surface area contributed by atoms with E-state index in [-0.39, 0.29) is 11.8 Å². The Labute approximate surface area is 92.2 Å². The number of esters is 1. The van der Waals surface area contributed by atoms with E-state index < -0.39 is 5.92 Å². The molecule has 1 unspecified atom stereocenters. The van der Waals surface area contributed by atoms with Gasteiger partial charge in [0, 0.05) is 6.42 Å². The van der Waals surface area contributed by atoms with Gasteiger partial charge in [-0.2, -0.15) is 0 Å². The number of hydrogen-bond donors (Lipinski definition) is 0. The van der Waals surface area contributed by atoms with Crippen molar-refractivity contribution in [1.82, 2.24) is 0 Å². The summed E-state index contributed by atoms with van der Waals surface area (Å²) in [5, 5.41) is 0. The quantitative estimate of drug-likeness (QED) is 0.461. The van der Waals surface area contributed by atoms with Crippen LogP contribution in [0.2, 0.25) is 0 Å². The summed E-state index contributed by atoms with van der Waals surface area (Å²) in [6, 6.07) is 0. The fraction of sp³-hybridized carbons (Fsp3) is 0.833. The third-order valence-corrected chi connectivity index (χ3v) is 2.31. The molecule has 0 rings (SSSR count). The van der Waals surface area contributed by atoms with Crippen LogP contribution in [0.4, 0.5) is 0 Å². The molecule has 0 radical (unpaired) electrons. The third-order valence-electron chi connectivity index (χ3n) is 2.31. The maximum absolute atomic E-state index is 11.7. The number of hydrogen-bond acceptors (Lipinski definition) is 3. The normalized spacial score (nSPS) is 12.2. The highest BCUT2D eigenvalue weighted by molar-refractivity contribution is 5.98. The Hall–Kier alpha value is -0.860. The Morgan fingerprint density at radius 3 is 2.27 bits per heavy atom. The van der Waals surface area contributed by atoms with Crippen molar-refractivity contribution in [3.8, 4) is 0 Å². The van der Waals surface area contributed by atoms with Crippen LogP contribution in [0, 0.1) is 5.92 Å². The first-order chi connectivity index (χ1) is 7.17. The van der Waals surface area contributed by atoms with Crippen molar-refractivity contribution >= 4 is 11.8 Å². The van der Waals surface area contributed by atoms with Crippen molar-refractivity contribution in [2.24, 2.45) is 5.92 Å². The Bertz CT molecular complexity index is 199. The Kier molecular flexibility index (Phi) is 7.96. The van der Waals surface area contributed by atoms with Crippen LogP contribution in [-0.4, -0.2) is 18.4 Å². The second-order valence-corrected chi connectivity index (χ2v) is 3.66. The minimum absolute atomic E-state index is 0.0390. The summed E-state index contributed by atoms with van der Waals surface area (Å²) in [5.74, 6) is -0.834. The van der Waals surface area contributed by atoms with Crippen molar-refractivity contribution in [3.63, 3.8) is 0 Å². The van der Waals surface area contributed by atoms with Crippen LogP contribution >= 0.6 is 0 Å². The first-order valence-corrected chi connectivity index (χ1v) is 5.86. The van der Waals surface area contributed by atoms with E-state index >= 15 is 0 Å². The average molecular weight is 214 g/mol. The van der Waals surface area contributed by atoms with E-state index in [1.807, 2.05) is 13.8 Å². The highest BCUT2D eigenvalue weighted by Gasteiger charge is 2.25. The van der Waals surface area contributed by atoms with E-state index in [2.05, 4.69) is 0 Å². The summed E-state index contributed by atoms with van der Waals surface area (Å²) >= 11 is 0. The molecule has 0 aliphatic carbocycles. The Balaban J connectivity index is 4.23. The molecule has 0 spiro atoms. The van der Waals surface area contributed by atoms with Gasteiger partial charge in [0.1, 0.15) is 11.7 Å². The summed E-state index contributed by atoms with van der Waals surface area (Å²) in [4.78, 5) is 23.2. The minimum atomic E-state index is -0.526. The van der Waals surface area contributed by atoms with Gasteiger partial charge < -0.3 is 4.74 Å². The van der Waals surface area contributed by atoms with Gasteiger partial charge in [-0.15, -0.1) is 0 Å². The number of carbonyl (C=O) groups is 2. The van der Waals surface area contributed by atoms with Gasteiger partial charge in [0.2, 0.25) is 0 Å². The molecule has 0 aromatic rings. The topological polar surface area (TPSA) is 43.4 Å². The van der Waals surface area contributed by atoms with Crippen LogP contribution in [-0.2, 0) is 14.3 Å². The smallest absolute Gasteiger partial charge is 0.316 e. The lowest BCUT2D eigenvalue weighted by Crippen LogP contribution is -2.26.